The van der Waals surface area contributed by atoms with Gasteiger partial charge in [0.25, 0.3) is 0 Å². The fourth-order valence-electron chi connectivity index (χ4n) is 2.74. The second-order valence-electron chi connectivity index (χ2n) is 6.86. The quantitative estimate of drug-likeness (QED) is 0.812. The summed E-state index contributed by atoms with van der Waals surface area (Å²) in [5.41, 5.74) is 0.657. The van der Waals surface area contributed by atoms with Crippen LogP contribution in [0.15, 0.2) is 28.7 Å². The number of anilines is 1. The Morgan fingerprint density at radius 2 is 2.00 bits per heavy atom. The number of amides is 1. The van der Waals surface area contributed by atoms with Crippen molar-refractivity contribution in [3.05, 3.63) is 28.7 Å². The minimum atomic E-state index is -0.452. The molecule has 2 N–H and O–H groups in total. The van der Waals surface area contributed by atoms with Crippen molar-refractivity contribution in [1.82, 2.24) is 5.32 Å². The van der Waals surface area contributed by atoms with Crippen molar-refractivity contribution in [2.75, 3.05) is 5.32 Å². The van der Waals surface area contributed by atoms with E-state index in [0.717, 1.165) is 35.8 Å². The number of rotatable bonds is 3. The lowest BCUT2D eigenvalue weighted by molar-refractivity contribution is 0.0492. The Hall–Kier alpha value is -1.23. The number of ether oxygens (including phenoxy) is 1. The highest BCUT2D eigenvalue weighted by Gasteiger charge is 2.25. The molecule has 1 aromatic rings. The Kier molecular flexibility index (Phi) is 5.73. The number of nitrogens with one attached hydrogen (secondary N) is 2. The zero-order valence-corrected chi connectivity index (χ0v) is 15.1. The molecule has 1 aromatic carbocycles. The van der Waals surface area contributed by atoms with Crippen molar-refractivity contribution >= 4 is 27.7 Å². The molecule has 0 aliphatic heterocycles. The molecule has 0 bridgehead atoms. The summed E-state index contributed by atoms with van der Waals surface area (Å²) >= 11 is 3.49. The molecule has 1 aliphatic carbocycles. The summed E-state index contributed by atoms with van der Waals surface area (Å²) in [4.78, 5) is 11.9. The number of benzene rings is 1. The van der Waals surface area contributed by atoms with E-state index < -0.39 is 5.60 Å². The van der Waals surface area contributed by atoms with Crippen LogP contribution >= 0.6 is 15.9 Å². The molecule has 2 rings (SSSR count). The van der Waals surface area contributed by atoms with Crippen molar-refractivity contribution < 1.29 is 9.53 Å². The van der Waals surface area contributed by atoms with Gasteiger partial charge in [0.2, 0.25) is 0 Å². The fourth-order valence-corrected chi connectivity index (χ4v) is 3.14. The van der Waals surface area contributed by atoms with E-state index in [0.29, 0.717) is 6.04 Å². The maximum absolute atomic E-state index is 11.9. The topological polar surface area (TPSA) is 50.4 Å². The minimum absolute atomic E-state index is 0.174. The Morgan fingerprint density at radius 3 is 2.68 bits per heavy atom. The molecule has 5 heteroatoms. The van der Waals surface area contributed by atoms with Gasteiger partial charge in [0.05, 0.1) is 0 Å². The van der Waals surface area contributed by atoms with Crippen LogP contribution in [0.5, 0.6) is 0 Å². The smallest absolute Gasteiger partial charge is 0.407 e. The van der Waals surface area contributed by atoms with Crippen LogP contribution < -0.4 is 10.6 Å². The molecule has 2 atom stereocenters. The van der Waals surface area contributed by atoms with Gasteiger partial charge in [0.1, 0.15) is 5.60 Å². The normalized spacial score (nSPS) is 22.0. The summed E-state index contributed by atoms with van der Waals surface area (Å²) in [5, 5.41) is 6.54. The average molecular weight is 369 g/mol. The van der Waals surface area contributed by atoms with Crippen molar-refractivity contribution in [3.63, 3.8) is 0 Å². The summed E-state index contributed by atoms with van der Waals surface area (Å²) in [7, 11) is 0. The Balaban J connectivity index is 1.85. The monoisotopic (exact) mass is 368 g/mol. The second-order valence-corrected chi connectivity index (χ2v) is 7.78. The highest BCUT2D eigenvalue weighted by molar-refractivity contribution is 9.10. The van der Waals surface area contributed by atoms with Gasteiger partial charge < -0.3 is 15.4 Å². The Labute approximate surface area is 141 Å². The molecular weight excluding hydrogens is 344 g/mol. The highest BCUT2D eigenvalue weighted by Crippen LogP contribution is 2.24. The van der Waals surface area contributed by atoms with Crippen molar-refractivity contribution in [3.8, 4) is 0 Å². The van der Waals surface area contributed by atoms with Crippen molar-refractivity contribution in [1.29, 1.82) is 0 Å². The molecule has 0 spiro atoms. The van der Waals surface area contributed by atoms with Crippen LogP contribution in [0, 0.1) is 0 Å². The lowest BCUT2D eigenvalue weighted by Gasteiger charge is -2.31. The molecular formula is C17H25BrN2O2. The first-order chi connectivity index (χ1) is 10.3. The largest absolute Gasteiger partial charge is 0.444 e. The molecule has 1 amide bonds. The summed E-state index contributed by atoms with van der Waals surface area (Å²) in [6, 6.07) is 8.72. The molecule has 1 aliphatic rings. The summed E-state index contributed by atoms with van der Waals surface area (Å²) in [6.07, 6.45) is 3.84. The number of alkyl carbamates (subject to hydrolysis) is 1. The lowest BCUT2D eigenvalue weighted by atomic mass is 9.91. The van der Waals surface area contributed by atoms with Crippen LogP contribution in [0.2, 0.25) is 0 Å². The second kappa shape index (κ2) is 7.36. The Morgan fingerprint density at radius 1 is 1.27 bits per heavy atom. The molecule has 122 valence electrons. The summed E-state index contributed by atoms with van der Waals surface area (Å²) in [6.45, 7) is 5.64. The first kappa shape index (κ1) is 17.1. The van der Waals surface area contributed by atoms with Gasteiger partial charge in [0.15, 0.2) is 0 Å². The van der Waals surface area contributed by atoms with Crippen LogP contribution in [-0.2, 0) is 4.74 Å². The maximum Gasteiger partial charge on any atom is 0.407 e. The van der Waals surface area contributed by atoms with E-state index in [1.54, 1.807) is 0 Å². The van der Waals surface area contributed by atoms with Crippen molar-refractivity contribution in [2.45, 2.75) is 64.1 Å². The third kappa shape index (κ3) is 5.87. The van der Waals surface area contributed by atoms with Crippen LogP contribution in [0.3, 0.4) is 0 Å². The number of carbonyl (C=O) groups is 1. The molecule has 1 fully saturated rings. The van der Waals surface area contributed by atoms with E-state index in [2.05, 4.69) is 38.7 Å². The SMILES string of the molecule is CC(C)(C)OC(=O)NC1CCCC(Nc2cccc(Br)c2)C1. The minimum Gasteiger partial charge on any atom is -0.444 e. The molecule has 0 heterocycles. The first-order valence-electron chi connectivity index (χ1n) is 7.83. The molecule has 22 heavy (non-hydrogen) atoms. The van der Waals surface area contributed by atoms with Crippen molar-refractivity contribution in [2.24, 2.45) is 0 Å². The van der Waals surface area contributed by atoms with Crippen LogP contribution in [0.25, 0.3) is 0 Å². The van der Waals surface area contributed by atoms with E-state index >= 15 is 0 Å². The lowest BCUT2D eigenvalue weighted by Crippen LogP contribution is -2.43. The van der Waals surface area contributed by atoms with E-state index in [1.807, 2.05) is 32.9 Å². The van der Waals surface area contributed by atoms with Gasteiger partial charge in [-0.05, 0) is 64.7 Å². The first-order valence-corrected chi connectivity index (χ1v) is 8.63. The number of hydrogen-bond acceptors (Lipinski definition) is 3. The van der Waals surface area contributed by atoms with E-state index in [9.17, 15) is 4.79 Å². The van der Waals surface area contributed by atoms with Crippen LogP contribution in [-0.4, -0.2) is 23.8 Å². The van der Waals surface area contributed by atoms with Crippen LogP contribution in [0.1, 0.15) is 46.5 Å². The third-order valence-electron chi connectivity index (χ3n) is 3.59. The molecule has 4 nitrogen and oxygen atoms in total. The Bertz CT molecular complexity index is 514. The third-order valence-corrected chi connectivity index (χ3v) is 4.08. The van der Waals surface area contributed by atoms with Gasteiger partial charge in [0, 0.05) is 22.2 Å². The van der Waals surface area contributed by atoms with Gasteiger partial charge >= 0.3 is 6.09 Å². The standard InChI is InChI=1S/C17H25BrN2O2/c1-17(2,3)22-16(21)20-15-9-5-8-14(11-15)19-13-7-4-6-12(18)10-13/h4,6-7,10,14-15,19H,5,8-9,11H2,1-3H3,(H,20,21). The predicted molar refractivity (Wildman–Crippen MR) is 93.2 cm³/mol. The summed E-state index contributed by atoms with van der Waals surface area (Å²) < 4.78 is 6.40. The van der Waals surface area contributed by atoms with Crippen LogP contribution in [0.4, 0.5) is 10.5 Å². The van der Waals surface area contributed by atoms with E-state index in [1.165, 1.54) is 0 Å². The zero-order chi connectivity index (χ0) is 16.2. The van der Waals surface area contributed by atoms with E-state index in [4.69, 9.17) is 4.74 Å². The number of hydrogen-bond donors (Lipinski definition) is 2. The molecule has 0 aromatic heterocycles. The van der Waals surface area contributed by atoms with Gasteiger partial charge in [-0.25, -0.2) is 4.79 Å². The number of carbonyl (C=O) groups excluding carboxylic acids is 1. The van der Waals surface area contributed by atoms with Gasteiger partial charge in [-0.1, -0.05) is 22.0 Å². The summed E-state index contributed by atoms with van der Waals surface area (Å²) in [5.74, 6) is 0. The molecule has 1 saturated carbocycles. The fraction of sp³-hybridized carbons (Fsp3) is 0.588. The highest BCUT2D eigenvalue weighted by atomic mass is 79.9. The molecule has 2 unspecified atom stereocenters. The van der Waals surface area contributed by atoms with E-state index in [-0.39, 0.29) is 12.1 Å². The van der Waals surface area contributed by atoms with Gasteiger partial charge in [-0.15, -0.1) is 0 Å². The molecule has 0 radical (unpaired) electrons. The predicted octanol–water partition coefficient (Wildman–Crippen LogP) is 4.70. The zero-order valence-electron chi connectivity index (χ0n) is 13.5. The van der Waals surface area contributed by atoms with Gasteiger partial charge in [-0.2, -0.15) is 0 Å². The number of halogens is 1. The maximum atomic E-state index is 11.9. The molecule has 0 saturated heterocycles. The average Bonchev–Trinajstić information content (AvgIpc) is 2.36. The van der Waals surface area contributed by atoms with Gasteiger partial charge in [-0.3, -0.25) is 0 Å².